The van der Waals surface area contributed by atoms with Crippen molar-refractivity contribution in [3.63, 3.8) is 0 Å². The first-order chi connectivity index (χ1) is 10.0. The van der Waals surface area contributed by atoms with Crippen LogP contribution in [0.2, 0.25) is 0 Å². The summed E-state index contributed by atoms with van der Waals surface area (Å²) in [5.74, 6) is -0.745. The van der Waals surface area contributed by atoms with Crippen molar-refractivity contribution < 1.29 is 9.90 Å². The van der Waals surface area contributed by atoms with E-state index in [0.717, 1.165) is 40.8 Å². The normalized spacial score (nSPS) is 14.6. The Morgan fingerprint density at radius 3 is 2.71 bits per heavy atom. The fourth-order valence-electron chi connectivity index (χ4n) is 2.48. The van der Waals surface area contributed by atoms with E-state index in [0.29, 0.717) is 6.54 Å². The number of carbonyl (C=O) groups is 1. The van der Waals surface area contributed by atoms with Gasteiger partial charge in [0, 0.05) is 13.0 Å². The lowest BCUT2D eigenvalue weighted by atomic mass is 10.2. The number of halogens is 1. The number of aryl methyl sites for hydroxylation is 2. The molecule has 2 aromatic heterocycles. The molecule has 0 radical (unpaired) electrons. The first-order valence-corrected chi connectivity index (χ1v) is 7.69. The fourth-order valence-corrected chi connectivity index (χ4v) is 3.23. The molecule has 1 N–H and O–H groups in total. The third-order valence-corrected chi connectivity index (χ3v) is 4.66. The monoisotopic (exact) mass is 353 g/mol. The fraction of sp³-hybridized carbons (Fsp3) is 0.538. The van der Waals surface area contributed by atoms with Crippen LogP contribution in [0.4, 0.5) is 0 Å². The molecule has 2 heterocycles. The van der Waals surface area contributed by atoms with E-state index in [1.54, 1.807) is 4.68 Å². The maximum Gasteiger partial charge on any atom is 0.358 e. The third kappa shape index (κ3) is 2.48. The molecule has 2 aromatic rings. The Labute approximate surface area is 130 Å². The molecule has 1 aliphatic rings. The van der Waals surface area contributed by atoms with Gasteiger partial charge in [0.05, 0.1) is 28.1 Å². The van der Waals surface area contributed by atoms with Gasteiger partial charge >= 0.3 is 5.97 Å². The average Bonchev–Trinajstić information content (AvgIpc) is 3.14. The highest BCUT2D eigenvalue weighted by Crippen LogP contribution is 2.41. The minimum absolute atomic E-state index is 0.0755. The molecule has 1 fully saturated rings. The van der Waals surface area contributed by atoms with Crippen LogP contribution in [-0.2, 0) is 20.0 Å². The summed E-state index contributed by atoms with van der Waals surface area (Å²) >= 11 is 3.57. The van der Waals surface area contributed by atoms with Gasteiger partial charge in [-0.1, -0.05) is 12.1 Å². The van der Waals surface area contributed by atoms with Crippen LogP contribution < -0.4 is 0 Å². The van der Waals surface area contributed by atoms with E-state index in [2.05, 4.69) is 31.3 Å². The highest BCUT2D eigenvalue weighted by molar-refractivity contribution is 9.10. The second-order valence-electron chi connectivity index (χ2n) is 5.24. The lowest BCUT2D eigenvalue weighted by Gasteiger charge is -2.07. The predicted molar refractivity (Wildman–Crippen MR) is 78.3 cm³/mol. The minimum Gasteiger partial charge on any atom is -0.476 e. The third-order valence-electron chi connectivity index (χ3n) is 3.74. The van der Waals surface area contributed by atoms with Crippen LogP contribution in [0.25, 0.3) is 0 Å². The van der Waals surface area contributed by atoms with Crippen LogP contribution in [-0.4, -0.2) is 35.9 Å². The van der Waals surface area contributed by atoms with E-state index in [9.17, 15) is 9.90 Å². The summed E-state index contributed by atoms with van der Waals surface area (Å²) in [6.07, 6.45) is 2.84. The molecule has 0 spiro atoms. The molecule has 8 heteroatoms. The van der Waals surface area contributed by atoms with Crippen molar-refractivity contribution in [1.29, 1.82) is 0 Å². The van der Waals surface area contributed by atoms with E-state index in [-0.39, 0.29) is 11.6 Å². The molecule has 7 nitrogen and oxygen atoms in total. The van der Waals surface area contributed by atoms with Crippen LogP contribution in [0, 0.1) is 0 Å². The standard InChI is InChI=1S/C13H16BrN5O2/c1-3-8-10(14)9(18(2)16-8)6-19-12(7-4-5-7)11(13(20)21)15-17-19/h7H,3-6H2,1-2H3,(H,20,21). The van der Waals surface area contributed by atoms with Crippen molar-refractivity contribution >= 4 is 21.9 Å². The molecule has 0 unspecified atom stereocenters. The van der Waals surface area contributed by atoms with Crippen molar-refractivity contribution in [3.05, 3.63) is 27.2 Å². The number of aromatic nitrogens is 5. The number of aromatic carboxylic acids is 1. The smallest absolute Gasteiger partial charge is 0.358 e. The molecule has 0 amide bonds. The highest BCUT2D eigenvalue weighted by Gasteiger charge is 2.34. The van der Waals surface area contributed by atoms with Gasteiger partial charge in [-0.25, -0.2) is 9.48 Å². The SMILES string of the molecule is CCc1nn(C)c(Cn2nnc(C(=O)O)c2C2CC2)c1Br. The number of hydrogen-bond acceptors (Lipinski definition) is 4. The van der Waals surface area contributed by atoms with Crippen molar-refractivity contribution in [2.24, 2.45) is 7.05 Å². The second kappa shape index (κ2) is 5.25. The molecule has 1 aliphatic carbocycles. The van der Waals surface area contributed by atoms with Crippen LogP contribution >= 0.6 is 15.9 Å². The zero-order valence-electron chi connectivity index (χ0n) is 11.9. The van der Waals surface area contributed by atoms with Gasteiger partial charge in [0.1, 0.15) is 0 Å². The lowest BCUT2D eigenvalue weighted by Crippen LogP contribution is -2.11. The number of hydrogen-bond donors (Lipinski definition) is 1. The Bertz CT molecular complexity index is 702. The Morgan fingerprint density at radius 2 is 2.19 bits per heavy atom. The largest absolute Gasteiger partial charge is 0.476 e. The summed E-state index contributed by atoms with van der Waals surface area (Å²) in [6.45, 7) is 2.51. The summed E-state index contributed by atoms with van der Waals surface area (Å²) in [6, 6.07) is 0. The molecule has 0 saturated heterocycles. The van der Waals surface area contributed by atoms with Gasteiger partial charge < -0.3 is 5.11 Å². The van der Waals surface area contributed by atoms with E-state index in [1.165, 1.54) is 0 Å². The van der Waals surface area contributed by atoms with Crippen molar-refractivity contribution in [2.45, 2.75) is 38.6 Å². The van der Waals surface area contributed by atoms with E-state index in [1.807, 2.05) is 18.7 Å². The average molecular weight is 354 g/mol. The number of nitrogens with zero attached hydrogens (tertiary/aromatic N) is 5. The molecule has 0 aromatic carbocycles. The van der Waals surface area contributed by atoms with Gasteiger partial charge in [-0.15, -0.1) is 5.10 Å². The topological polar surface area (TPSA) is 85.8 Å². The molecule has 0 aliphatic heterocycles. The van der Waals surface area contributed by atoms with Gasteiger partial charge in [0.2, 0.25) is 0 Å². The summed E-state index contributed by atoms with van der Waals surface area (Å²) in [4.78, 5) is 11.3. The first kappa shape index (κ1) is 14.2. The van der Waals surface area contributed by atoms with E-state index < -0.39 is 5.97 Å². The number of carboxylic acid groups (broad SMARTS) is 1. The number of carboxylic acids is 1. The zero-order chi connectivity index (χ0) is 15.1. The van der Waals surface area contributed by atoms with Gasteiger partial charge in [-0.2, -0.15) is 5.10 Å². The maximum atomic E-state index is 11.3. The molecule has 21 heavy (non-hydrogen) atoms. The van der Waals surface area contributed by atoms with Gasteiger partial charge in [-0.05, 0) is 35.2 Å². The summed E-state index contributed by atoms with van der Waals surface area (Å²) in [5, 5.41) is 21.5. The van der Waals surface area contributed by atoms with Crippen LogP contribution in [0.3, 0.4) is 0 Å². The van der Waals surface area contributed by atoms with E-state index >= 15 is 0 Å². The summed E-state index contributed by atoms with van der Waals surface area (Å²) in [7, 11) is 1.88. The molecule has 3 rings (SSSR count). The molecular formula is C13H16BrN5O2. The van der Waals surface area contributed by atoms with Crippen LogP contribution in [0.1, 0.15) is 53.3 Å². The van der Waals surface area contributed by atoms with Crippen LogP contribution in [0.15, 0.2) is 4.47 Å². The molecular weight excluding hydrogens is 338 g/mol. The lowest BCUT2D eigenvalue weighted by molar-refractivity contribution is 0.0689. The Hall–Kier alpha value is -1.70. The molecule has 0 bridgehead atoms. The molecule has 0 atom stereocenters. The quantitative estimate of drug-likeness (QED) is 0.887. The Morgan fingerprint density at radius 1 is 1.48 bits per heavy atom. The second-order valence-corrected chi connectivity index (χ2v) is 6.04. The van der Waals surface area contributed by atoms with Crippen molar-refractivity contribution in [1.82, 2.24) is 24.8 Å². The molecule has 112 valence electrons. The van der Waals surface area contributed by atoms with Crippen molar-refractivity contribution in [3.8, 4) is 0 Å². The highest BCUT2D eigenvalue weighted by atomic mass is 79.9. The summed E-state index contributed by atoms with van der Waals surface area (Å²) < 4.78 is 4.46. The minimum atomic E-state index is -1.01. The zero-order valence-corrected chi connectivity index (χ0v) is 13.5. The Balaban J connectivity index is 1.99. The number of rotatable bonds is 5. The van der Waals surface area contributed by atoms with E-state index in [4.69, 9.17) is 0 Å². The van der Waals surface area contributed by atoms with Crippen molar-refractivity contribution in [2.75, 3.05) is 0 Å². The Kier molecular flexibility index (Phi) is 3.56. The molecule has 1 saturated carbocycles. The summed E-state index contributed by atoms with van der Waals surface area (Å²) in [5.41, 5.74) is 2.76. The predicted octanol–water partition coefficient (Wildman–Crippen LogP) is 1.96. The van der Waals surface area contributed by atoms with Gasteiger partial charge in [-0.3, -0.25) is 4.68 Å². The first-order valence-electron chi connectivity index (χ1n) is 6.89. The van der Waals surface area contributed by atoms with Gasteiger partial charge in [0.25, 0.3) is 0 Å². The van der Waals surface area contributed by atoms with Gasteiger partial charge in [0.15, 0.2) is 5.69 Å². The maximum absolute atomic E-state index is 11.3. The van der Waals surface area contributed by atoms with Crippen LogP contribution in [0.5, 0.6) is 0 Å².